The number of carbonyl (C=O) groups excluding carboxylic acids is 2. The van der Waals surface area contributed by atoms with Crippen LogP contribution in [0.25, 0.3) is 22.6 Å². The van der Waals surface area contributed by atoms with Gasteiger partial charge in [-0.1, -0.05) is 35.9 Å². The summed E-state index contributed by atoms with van der Waals surface area (Å²) >= 11 is 7.39. The largest absolute Gasteiger partial charge is 0.436 e. The third-order valence-electron chi connectivity index (χ3n) is 5.55. The number of rotatable bonds is 7. The van der Waals surface area contributed by atoms with Gasteiger partial charge >= 0.3 is 0 Å². The van der Waals surface area contributed by atoms with E-state index in [-0.39, 0.29) is 17.1 Å². The molecular weight excluding hydrogens is 506 g/mol. The lowest BCUT2D eigenvalue weighted by Crippen LogP contribution is -2.22. The highest BCUT2D eigenvalue weighted by Crippen LogP contribution is 2.28. The smallest absolute Gasteiger partial charge is 0.255 e. The molecule has 184 valence electrons. The molecule has 0 fully saturated rings. The number of hydrogen-bond donors (Lipinski definition) is 2. The summed E-state index contributed by atoms with van der Waals surface area (Å²) < 4.78 is 5.81. The maximum Gasteiger partial charge on any atom is 0.255 e. The van der Waals surface area contributed by atoms with Gasteiger partial charge in [0.15, 0.2) is 5.58 Å². The number of nitrogens with zero attached hydrogens (tertiary/aromatic N) is 1. The van der Waals surface area contributed by atoms with E-state index in [0.29, 0.717) is 27.9 Å². The van der Waals surface area contributed by atoms with Crippen LogP contribution in [0.3, 0.4) is 0 Å². The van der Waals surface area contributed by atoms with E-state index in [2.05, 4.69) is 15.6 Å². The molecule has 0 aliphatic heterocycles. The van der Waals surface area contributed by atoms with Crippen LogP contribution in [-0.4, -0.2) is 22.0 Å². The summed E-state index contributed by atoms with van der Waals surface area (Å²) in [4.78, 5) is 30.7. The molecule has 2 amide bonds. The Kier molecular flexibility index (Phi) is 7.25. The lowest BCUT2D eigenvalue weighted by atomic mass is 10.2. The van der Waals surface area contributed by atoms with Gasteiger partial charge in [-0.25, -0.2) is 4.98 Å². The van der Waals surface area contributed by atoms with E-state index in [1.165, 1.54) is 11.8 Å². The summed E-state index contributed by atoms with van der Waals surface area (Å²) in [6.45, 7) is 1.84. The highest BCUT2D eigenvalue weighted by atomic mass is 35.5. The lowest BCUT2D eigenvalue weighted by molar-refractivity contribution is -0.115. The zero-order valence-corrected chi connectivity index (χ0v) is 21.3. The minimum Gasteiger partial charge on any atom is -0.436 e. The fourth-order valence-corrected chi connectivity index (χ4v) is 4.79. The number of hydrogen-bond acceptors (Lipinski definition) is 5. The van der Waals surface area contributed by atoms with E-state index in [1.807, 2.05) is 73.7 Å². The first-order valence-corrected chi connectivity index (χ1v) is 12.8. The highest BCUT2D eigenvalue weighted by Gasteiger charge is 2.16. The number of anilines is 2. The molecule has 1 atom stereocenters. The number of thioether (sulfide) groups is 1. The molecule has 6 nitrogen and oxygen atoms in total. The number of amides is 2. The quantitative estimate of drug-likeness (QED) is 0.214. The highest BCUT2D eigenvalue weighted by molar-refractivity contribution is 8.00. The van der Waals surface area contributed by atoms with Crippen LogP contribution in [0.15, 0.2) is 106 Å². The normalized spacial score (nSPS) is 11.7. The molecule has 0 radical (unpaired) electrons. The van der Waals surface area contributed by atoms with E-state index < -0.39 is 0 Å². The minimum atomic E-state index is -0.365. The van der Waals surface area contributed by atoms with E-state index in [1.54, 1.807) is 30.3 Å². The second-order valence-electron chi connectivity index (χ2n) is 8.31. The number of fused-ring (bicyclic) bond motifs is 1. The number of benzene rings is 4. The second-order valence-corrected chi connectivity index (χ2v) is 10.2. The van der Waals surface area contributed by atoms with Crippen molar-refractivity contribution in [3.63, 3.8) is 0 Å². The maximum absolute atomic E-state index is 12.8. The number of aromatic nitrogens is 1. The number of nitrogens with one attached hydrogen (secondary N) is 2. The molecule has 1 aromatic heterocycles. The van der Waals surface area contributed by atoms with Crippen LogP contribution in [0.4, 0.5) is 11.4 Å². The van der Waals surface area contributed by atoms with Crippen LogP contribution in [-0.2, 0) is 4.79 Å². The molecule has 0 bridgehead atoms. The van der Waals surface area contributed by atoms with Crippen molar-refractivity contribution in [2.75, 3.05) is 10.6 Å². The van der Waals surface area contributed by atoms with Gasteiger partial charge in [-0.15, -0.1) is 11.8 Å². The monoisotopic (exact) mass is 527 g/mol. The molecule has 1 heterocycles. The Bertz CT molecular complexity index is 1550. The predicted octanol–water partition coefficient (Wildman–Crippen LogP) is 7.52. The number of oxazole rings is 1. The summed E-state index contributed by atoms with van der Waals surface area (Å²) in [5.74, 6) is 0.148. The molecule has 5 rings (SSSR count). The number of halogens is 1. The zero-order chi connectivity index (χ0) is 25.8. The number of carbonyl (C=O) groups is 2. The van der Waals surface area contributed by atoms with E-state index in [0.717, 1.165) is 21.6 Å². The Balaban J connectivity index is 1.19. The second kappa shape index (κ2) is 10.9. The van der Waals surface area contributed by atoms with Crippen molar-refractivity contribution in [1.29, 1.82) is 0 Å². The van der Waals surface area contributed by atoms with Crippen molar-refractivity contribution in [2.45, 2.75) is 17.1 Å². The SMILES string of the molecule is CC(Sc1cccc(NC(=O)c2cccc(Cl)c2)c1)C(=O)Nc1ccc(-c2nc3ccccc3o2)cc1. The minimum absolute atomic E-state index is 0.132. The molecular formula is C29H22ClN3O3S. The van der Waals surface area contributed by atoms with E-state index >= 15 is 0 Å². The van der Waals surface area contributed by atoms with Gasteiger partial charge in [0, 0.05) is 32.4 Å². The van der Waals surface area contributed by atoms with E-state index in [9.17, 15) is 9.59 Å². The molecule has 4 aromatic carbocycles. The topological polar surface area (TPSA) is 84.2 Å². The van der Waals surface area contributed by atoms with E-state index in [4.69, 9.17) is 16.0 Å². The molecule has 0 saturated carbocycles. The molecule has 0 saturated heterocycles. The van der Waals surface area contributed by atoms with Crippen molar-refractivity contribution < 1.29 is 14.0 Å². The van der Waals surface area contributed by atoms with Gasteiger partial charge in [-0.2, -0.15) is 0 Å². The summed E-state index contributed by atoms with van der Waals surface area (Å²) in [6.07, 6.45) is 0. The van der Waals surface area contributed by atoms with Gasteiger partial charge < -0.3 is 15.1 Å². The van der Waals surface area contributed by atoms with Crippen molar-refractivity contribution >= 4 is 57.7 Å². The molecule has 8 heteroatoms. The average Bonchev–Trinajstić information content (AvgIpc) is 3.34. The van der Waals surface area contributed by atoms with Gasteiger partial charge in [0.1, 0.15) is 5.52 Å². The zero-order valence-electron chi connectivity index (χ0n) is 19.8. The summed E-state index contributed by atoms with van der Waals surface area (Å²) in [5.41, 5.74) is 4.15. The van der Waals surface area contributed by atoms with Crippen molar-refractivity contribution in [3.8, 4) is 11.5 Å². The first kappa shape index (κ1) is 24.6. The summed E-state index contributed by atoms with van der Waals surface area (Å²) in [5, 5.41) is 5.95. The average molecular weight is 528 g/mol. The van der Waals surface area contributed by atoms with Gasteiger partial charge in [-0.05, 0) is 79.7 Å². The molecule has 2 N–H and O–H groups in total. The molecule has 0 aliphatic carbocycles. The van der Waals surface area contributed by atoms with Gasteiger partial charge in [0.2, 0.25) is 11.8 Å². The van der Waals surface area contributed by atoms with Crippen LogP contribution in [0, 0.1) is 0 Å². The molecule has 0 aliphatic rings. The van der Waals surface area contributed by atoms with Crippen LogP contribution in [0.5, 0.6) is 0 Å². The molecule has 0 spiro atoms. The Labute approximate surface area is 223 Å². The molecule has 5 aromatic rings. The first-order valence-electron chi connectivity index (χ1n) is 11.5. The Morgan fingerprint density at radius 1 is 0.865 bits per heavy atom. The molecule has 37 heavy (non-hydrogen) atoms. The van der Waals surface area contributed by atoms with Gasteiger partial charge in [-0.3, -0.25) is 9.59 Å². The standard InChI is InChI=1S/C29H22ClN3O3S/c1-18(37-24-9-5-8-23(17-24)32-28(35)20-6-4-7-21(30)16-20)27(34)31-22-14-12-19(13-15-22)29-33-25-10-2-3-11-26(25)36-29/h2-18H,1H3,(H,31,34)(H,32,35). The number of para-hydroxylation sites is 2. The lowest BCUT2D eigenvalue weighted by Gasteiger charge is -2.13. The fourth-order valence-electron chi connectivity index (χ4n) is 3.67. The van der Waals surface area contributed by atoms with Crippen LogP contribution >= 0.6 is 23.4 Å². The Morgan fingerprint density at radius 2 is 1.65 bits per heavy atom. The van der Waals surface area contributed by atoms with Gasteiger partial charge in [0.05, 0.1) is 5.25 Å². The van der Waals surface area contributed by atoms with Crippen LogP contribution in [0.1, 0.15) is 17.3 Å². The van der Waals surface area contributed by atoms with Crippen molar-refractivity contribution in [1.82, 2.24) is 4.98 Å². The molecule has 1 unspecified atom stereocenters. The fraction of sp³-hybridized carbons (Fsp3) is 0.0690. The third-order valence-corrected chi connectivity index (χ3v) is 6.88. The van der Waals surface area contributed by atoms with Crippen molar-refractivity contribution in [2.24, 2.45) is 0 Å². The first-order chi connectivity index (χ1) is 17.9. The Hall–Kier alpha value is -4.07. The van der Waals surface area contributed by atoms with Gasteiger partial charge in [0.25, 0.3) is 5.91 Å². The third kappa shape index (κ3) is 6.02. The van der Waals surface area contributed by atoms with Crippen LogP contribution < -0.4 is 10.6 Å². The summed E-state index contributed by atoms with van der Waals surface area (Å²) in [6, 6.07) is 29.1. The predicted molar refractivity (Wildman–Crippen MR) is 149 cm³/mol. The van der Waals surface area contributed by atoms with Crippen LogP contribution in [0.2, 0.25) is 5.02 Å². The Morgan fingerprint density at radius 3 is 2.43 bits per heavy atom. The maximum atomic E-state index is 12.8. The van der Waals surface area contributed by atoms with Crippen molar-refractivity contribution in [3.05, 3.63) is 108 Å². The summed E-state index contributed by atoms with van der Waals surface area (Å²) in [7, 11) is 0.